The summed E-state index contributed by atoms with van der Waals surface area (Å²) >= 11 is 4.65. The van der Waals surface area contributed by atoms with E-state index in [0.29, 0.717) is 22.2 Å². The Balaban J connectivity index is 1.49. The molecule has 130 valence electrons. The third-order valence-corrected chi connectivity index (χ3v) is 5.05. The molecule has 0 radical (unpaired) electrons. The average Bonchev–Trinajstić information content (AvgIpc) is 3.34. The van der Waals surface area contributed by atoms with Gasteiger partial charge in [-0.05, 0) is 29.8 Å². The summed E-state index contributed by atoms with van der Waals surface area (Å²) in [6.45, 7) is 0.567. The van der Waals surface area contributed by atoms with Crippen molar-refractivity contribution in [1.82, 2.24) is 25.4 Å². The van der Waals surface area contributed by atoms with Crippen molar-refractivity contribution in [2.24, 2.45) is 0 Å². The first-order valence-electron chi connectivity index (χ1n) is 7.66. The van der Waals surface area contributed by atoms with E-state index in [9.17, 15) is 4.39 Å². The van der Waals surface area contributed by atoms with Gasteiger partial charge in [-0.25, -0.2) is 9.37 Å². The minimum Gasteiger partial charge on any atom is -0.356 e. The summed E-state index contributed by atoms with van der Waals surface area (Å²) in [5, 5.41) is 19.3. The van der Waals surface area contributed by atoms with Gasteiger partial charge in [0.1, 0.15) is 12.1 Å². The van der Waals surface area contributed by atoms with E-state index in [1.165, 1.54) is 23.7 Å². The van der Waals surface area contributed by atoms with Crippen LogP contribution in [0.5, 0.6) is 0 Å². The Morgan fingerprint density at radius 2 is 2.08 bits per heavy atom. The largest absolute Gasteiger partial charge is 0.356 e. The fraction of sp³-hybridized carbons (Fsp3) is 0.0588. The highest BCUT2D eigenvalue weighted by Crippen LogP contribution is 2.30. The summed E-state index contributed by atoms with van der Waals surface area (Å²) in [4.78, 5) is 4.15. The van der Waals surface area contributed by atoms with Gasteiger partial charge in [0.2, 0.25) is 5.13 Å². The van der Waals surface area contributed by atoms with E-state index in [-0.39, 0.29) is 5.82 Å². The van der Waals surface area contributed by atoms with Gasteiger partial charge in [-0.2, -0.15) is 5.10 Å². The van der Waals surface area contributed by atoms with Crippen molar-refractivity contribution in [3.05, 3.63) is 64.6 Å². The maximum absolute atomic E-state index is 14.0. The van der Waals surface area contributed by atoms with E-state index in [4.69, 9.17) is 0 Å². The quantitative estimate of drug-likeness (QED) is 0.486. The molecule has 6 nitrogen and oxygen atoms in total. The first-order chi connectivity index (χ1) is 12.7. The predicted octanol–water partition coefficient (Wildman–Crippen LogP) is 4.50. The number of H-pyrrole nitrogens is 1. The molecule has 0 bridgehead atoms. The van der Waals surface area contributed by atoms with Gasteiger partial charge in [0, 0.05) is 22.1 Å². The standard InChI is InChI=1S/C17H12BrFN6S/c18-12-4-5-14(19)13(7-12)16-24-25-17(26-16)20-8-10-2-1-3-11(6-10)15-21-9-22-23-15/h1-7,9H,8H2,(H,20,25)(H,21,22,23). The van der Waals surface area contributed by atoms with Crippen LogP contribution in [-0.4, -0.2) is 25.4 Å². The van der Waals surface area contributed by atoms with E-state index >= 15 is 0 Å². The van der Waals surface area contributed by atoms with Crippen LogP contribution in [0.3, 0.4) is 0 Å². The second-order valence-corrected chi connectivity index (χ2v) is 7.32. The van der Waals surface area contributed by atoms with E-state index in [1.54, 1.807) is 12.1 Å². The minimum atomic E-state index is -0.323. The molecule has 0 aliphatic heterocycles. The summed E-state index contributed by atoms with van der Waals surface area (Å²) < 4.78 is 14.8. The zero-order valence-corrected chi connectivity index (χ0v) is 15.7. The highest BCUT2D eigenvalue weighted by molar-refractivity contribution is 9.10. The van der Waals surface area contributed by atoms with Gasteiger partial charge in [0.15, 0.2) is 10.8 Å². The summed E-state index contributed by atoms with van der Waals surface area (Å²) in [6.07, 6.45) is 1.48. The average molecular weight is 431 g/mol. The molecule has 0 unspecified atom stereocenters. The van der Waals surface area contributed by atoms with Crippen molar-refractivity contribution >= 4 is 32.4 Å². The normalized spacial score (nSPS) is 10.8. The van der Waals surface area contributed by atoms with Crippen LogP contribution in [0.15, 0.2) is 53.3 Å². The molecule has 0 aliphatic rings. The summed E-state index contributed by atoms with van der Waals surface area (Å²) in [5.41, 5.74) is 2.44. The van der Waals surface area contributed by atoms with E-state index in [2.05, 4.69) is 46.6 Å². The van der Waals surface area contributed by atoms with Gasteiger partial charge in [0.25, 0.3) is 0 Å². The Morgan fingerprint density at radius 1 is 1.15 bits per heavy atom. The van der Waals surface area contributed by atoms with Crippen LogP contribution in [0.1, 0.15) is 5.56 Å². The number of hydrogen-bond donors (Lipinski definition) is 2. The van der Waals surface area contributed by atoms with E-state index in [0.717, 1.165) is 21.4 Å². The smallest absolute Gasteiger partial charge is 0.206 e. The minimum absolute atomic E-state index is 0.323. The Bertz CT molecular complexity index is 1030. The Hall–Kier alpha value is -2.65. The number of benzene rings is 2. The second kappa shape index (κ2) is 7.30. The monoisotopic (exact) mass is 430 g/mol. The molecule has 0 spiro atoms. The fourth-order valence-electron chi connectivity index (χ4n) is 2.42. The Kier molecular flexibility index (Phi) is 4.72. The van der Waals surface area contributed by atoms with Crippen molar-refractivity contribution in [1.29, 1.82) is 0 Å². The number of hydrogen-bond acceptors (Lipinski definition) is 6. The van der Waals surface area contributed by atoms with Crippen LogP contribution in [0.4, 0.5) is 9.52 Å². The van der Waals surface area contributed by atoms with Crippen LogP contribution in [0.25, 0.3) is 22.0 Å². The molecular formula is C17H12BrFN6S. The lowest BCUT2D eigenvalue weighted by atomic mass is 10.1. The fourth-order valence-corrected chi connectivity index (χ4v) is 3.53. The lowest BCUT2D eigenvalue weighted by Gasteiger charge is -2.04. The molecule has 26 heavy (non-hydrogen) atoms. The molecule has 0 saturated heterocycles. The molecule has 0 amide bonds. The van der Waals surface area contributed by atoms with Gasteiger partial charge in [-0.3, -0.25) is 5.10 Å². The molecule has 0 atom stereocenters. The van der Waals surface area contributed by atoms with Gasteiger partial charge in [0.05, 0.1) is 0 Å². The van der Waals surface area contributed by atoms with E-state index in [1.807, 2.05) is 24.3 Å². The number of nitrogens with zero attached hydrogens (tertiary/aromatic N) is 4. The Morgan fingerprint density at radius 3 is 2.92 bits per heavy atom. The molecule has 0 saturated carbocycles. The van der Waals surface area contributed by atoms with Crippen molar-refractivity contribution in [2.45, 2.75) is 6.54 Å². The molecule has 4 rings (SSSR count). The zero-order valence-electron chi connectivity index (χ0n) is 13.3. The molecule has 2 aromatic carbocycles. The van der Waals surface area contributed by atoms with Crippen molar-refractivity contribution in [3.8, 4) is 22.0 Å². The van der Waals surface area contributed by atoms with E-state index < -0.39 is 0 Å². The zero-order chi connectivity index (χ0) is 17.9. The summed E-state index contributed by atoms with van der Waals surface area (Å²) in [5.74, 6) is 0.394. The van der Waals surface area contributed by atoms with Crippen LogP contribution >= 0.6 is 27.3 Å². The number of nitrogens with one attached hydrogen (secondary N) is 2. The summed E-state index contributed by atoms with van der Waals surface area (Å²) in [7, 11) is 0. The molecule has 2 aromatic heterocycles. The molecule has 4 aromatic rings. The molecule has 2 heterocycles. The molecular weight excluding hydrogens is 419 g/mol. The van der Waals surface area contributed by atoms with Crippen LogP contribution in [0.2, 0.25) is 0 Å². The number of anilines is 1. The SMILES string of the molecule is Fc1ccc(Br)cc1-c1nnc(NCc2cccc(-c3ncn[nH]3)c2)s1. The van der Waals surface area contributed by atoms with Gasteiger partial charge in [-0.15, -0.1) is 10.2 Å². The van der Waals surface area contributed by atoms with Crippen LogP contribution < -0.4 is 5.32 Å². The van der Waals surface area contributed by atoms with Crippen molar-refractivity contribution in [2.75, 3.05) is 5.32 Å². The number of rotatable bonds is 5. The topological polar surface area (TPSA) is 79.4 Å². The maximum Gasteiger partial charge on any atom is 0.206 e. The van der Waals surface area contributed by atoms with Crippen molar-refractivity contribution in [3.63, 3.8) is 0 Å². The molecule has 0 aliphatic carbocycles. The predicted molar refractivity (Wildman–Crippen MR) is 102 cm³/mol. The summed E-state index contributed by atoms with van der Waals surface area (Å²) in [6, 6.07) is 12.7. The third kappa shape index (κ3) is 3.63. The number of aromatic amines is 1. The van der Waals surface area contributed by atoms with Crippen LogP contribution in [-0.2, 0) is 6.54 Å². The maximum atomic E-state index is 14.0. The first-order valence-corrected chi connectivity index (χ1v) is 9.27. The van der Waals surface area contributed by atoms with Crippen LogP contribution in [0, 0.1) is 5.82 Å². The Labute approximate surface area is 160 Å². The lowest BCUT2D eigenvalue weighted by molar-refractivity contribution is 0.630. The highest BCUT2D eigenvalue weighted by Gasteiger charge is 2.12. The number of aromatic nitrogens is 5. The van der Waals surface area contributed by atoms with Gasteiger partial charge in [-0.1, -0.05) is 45.5 Å². The first kappa shape index (κ1) is 16.8. The van der Waals surface area contributed by atoms with Gasteiger partial charge >= 0.3 is 0 Å². The third-order valence-electron chi connectivity index (χ3n) is 3.64. The molecule has 9 heteroatoms. The molecule has 2 N–H and O–H groups in total. The lowest BCUT2D eigenvalue weighted by Crippen LogP contribution is -1.99. The van der Waals surface area contributed by atoms with Gasteiger partial charge < -0.3 is 5.32 Å². The number of halogens is 2. The second-order valence-electron chi connectivity index (χ2n) is 5.42. The van der Waals surface area contributed by atoms with Crippen molar-refractivity contribution < 1.29 is 4.39 Å². The molecule has 0 fully saturated rings. The highest BCUT2D eigenvalue weighted by atomic mass is 79.9.